The quantitative estimate of drug-likeness (QED) is 0.927. The zero-order valence-electron chi connectivity index (χ0n) is 11.3. The molecule has 1 aromatic carbocycles. The van der Waals surface area contributed by atoms with Gasteiger partial charge in [0.25, 0.3) is 0 Å². The number of ether oxygens (including phenoxy) is 1. The van der Waals surface area contributed by atoms with Gasteiger partial charge in [-0.05, 0) is 24.3 Å². The Morgan fingerprint density at radius 2 is 2.33 bits per heavy atom. The van der Waals surface area contributed by atoms with Crippen molar-refractivity contribution in [2.75, 3.05) is 18.0 Å². The molecule has 1 N–H and O–H groups in total. The molecule has 1 atom stereocenters. The van der Waals surface area contributed by atoms with Crippen molar-refractivity contribution in [3.63, 3.8) is 0 Å². The molecule has 0 aliphatic carbocycles. The van der Waals surface area contributed by atoms with E-state index in [1.165, 1.54) is 24.0 Å². The number of halogens is 2. The Bertz CT molecular complexity index is 590. The number of hydrogen-bond acceptors (Lipinski definition) is 3. The zero-order chi connectivity index (χ0) is 15.4. The molecule has 0 saturated carbocycles. The fraction of sp³-hybridized carbons (Fsp3) is 0.286. The van der Waals surface area contributed by atoms with Gasteiger partial charge in [0, 0.05) is 12.5 Å². The van der Waals surface area contributed by atoms with Gasteiger partial charge in [-0.15, -0.1) is 0 Å². The molecule has 7 heteroatoms. The van der Waals surface area contributed by atoms with Gasteiger partial charge in [0.1, 0.15) is 11.9 Å². The minimum atomic E-state index is -0.639. The fourth-order valence-electron chi connectivity index (χ4n) is 1.98. The smallest absolute Gasteiger partial charge is 0.414 e. The Balaban J connectivity index is 2.10. The number of benzene rings is 1. The maximum atomic E-state index is 13.7. The molecule has 1 heterocycles. The largest absolute Gasteiger partial charge is 0.442 e. The number of rotatable bonds is 4. The number of cyclic esters (lactones) is 1. The van der Waals surface area contributed by atoms with Crippen molar-refractivity contribution in [3.05, 3.63) is 35.9 Å². The van der Waals surface area contributed by atoms with Gasteiger partial charge in [-0.25, -0.2) is 13.6 Å². The second kappa shape index (κ2) is 6.34. The van der Waals surface area contributed by atoms with Crippen LogP contribution in [0.1, 0.15) is 12.5 Å². The lowest BCUT2D eigenvalue weighted by Crippen LogP contribution is -2.33. The third kappa shape index (κ3) is 3.56. The molecule has 1 fully saturated rings. The summed E-state index contributed by atoms with van der Waals surface area (Å²) in [6, 6.07) is 4.01. The van der Waals surface area contributed by atoms with Crippen molar-refractivity contribution in [1.29, 1.82) is 0 Å². The van der Waals surface area contributed by atoms with E-state index < -0.39 is 18.0 Å². The van der Waals surface area contributed by atoms with Crippen LogP contribution < -0.4 is 10.2 Å². The van der Waals surface area contributed by atoms with Crippen molar-refractivity contribution in [2.24, 2.45) is 0 Å². The van der Waals surface area contributed by atoms with Crippen LogP contribution >= 0.6 is 0 Å². The van der Waals surface area contributed by atoms with Crippen LogP contribution in [-0.4, -0.2) is 31.2 Å². The van der Waals surface area contributed by atoms with E-state index in [1.807, 2.05) is 0 Å². The van der Waals surface area contributed by atoms with Crippen LogP contribution in [0.2, 0.25) is 0 Å². The first-order chi connectivity index (χ1) is 10.0. The van der Waals surface area contributed by atoms with E-state index in [0.29, 0.717) is 5.69 Å². The second-order valence-corrected chi connectivity index (χ2v) is 4.55. The topological polar surface area (TPSA) is 58.6 Å². The van der Waals surface area contributed by atoms with Crippen molar-refractivity contribution in [2.45, 2.75) is 13.0 Å². The van der Waals surface area contributed by atoms with E-state index in [-0.39, 0.29) is 30.9 Å². The molecular weight excluding hydrogens is 282 g/mol. The highest BCUT2D eigenvalue weighted by Crippen LogP contribution is 2.24. The van der Waals surface area contributed by atoms with E-state index in [2.05, 4.69) is 5.32 Å². The summed E-state index contributed by atoms with van der Waals surface area (Å²) >= 11 is 0. The van der Waals surface area contributed by atoms with Crippen LogP contribution in [-0.2, 0) is 9.53 Å². The number of carbonyl (C=O) groups excluding carboxylic acids is 2. The van der Waals surface area contributed by atoms with Crippen LogP contribution in [0.5, 0.6) is 0 Å². The summed E-state index contributed by atoms with van der Waals surface area (Å²) in [6.45, 7) is 1.76. The van der Waals surface area contributed by atoms with E-state index in [1.54, 1.807) is 0 Å². The van der Waals surface area contributed by atoms with Gasteiger partial charge in [0.15, 0.2) is 0 Å². The molecule has 0 spiro atoms. The van der Waals surface area contributed by atoms with E-state index >= 15 is 0 Å². The Morgan fingerprint density at radius 1 is 1.57 bits per heavy atom. The lowest BCUT2D eigenvalue weighted by atomic mass is 10.2. The SMILES string of the molecule is CC(=O)NC[C@H]1CN(c2ccc(/C=C/F)c(F)c2)C(=O)O1. The molecular formula is C14H14F2N2O3. The summed E-state index contributed by atoms with van der Waals surface area (Å²) in [4.78, 5) is 23.8. The summed E-state index contributed by atoms with van der Waals surface area (Å²) in [6.07, 6.45) is 0.126. The average molecular weight is 296 g/mol. The van der Waals surface area contributed by atoms with Crippen molar-refractivity contribution >= 4 is 23.8 Å². The second-order valence-electron chi connectivity index (χ2n) is 4.55. The van der Waals surface area contributed by atoms with E-state index in [0.717, 1.165) is 12.1 Å². The van der Waals surface area contributed by atoms with Crippen LogP contribution in [0, 0.1) is 5.82 Å². The summed E-state index contributed by atoms with van der Waals surface area (Å²) in [5.74, 6) is -0.864. The first-order valence-electron chi connectivity index (χ1n) is 6.30. The number of amides is 2. The first-order valence-corrected chi connectivity index (χ1v) is 6.30. The Hall–Kier alpha value is -2.44. The summed E-state index contributed by atoms with van der Waals surface area (Å²) in [7, 11) is 0. The lowest BCUT2D eigenvalue weighted by molar-refractivity contribution is -0.119. The number of nitrogens with one attached hydrogen (secondary N) is 1. The molecule has 1 aliphatic rings. The molecule has 112 valence electrons. The van der Waals surface area contributed by atoms with Gasteiger partial charge >= 0.3 is 6.09 Å². The van der Waals surface area contributed by atoms with Crippen molar-refractivity contribution in [1.82, 2.24) is 5.32 Å². The molecule has 0 aromatic heterocycles. The van der Waals surface area contributed by atoms with Gasteiger partial charge in [0.05, 0.1) is 25.1 Å². The standard InChI is InChI=1S/C14H14F2N2O3/c1-9(19)17-7-12-8-18(14(20)21-12)11-3-2-10(4-5-15)13(16)6-11/h2-6,12H,7-8H2,1H3,(H,17,19)/b5-4+/t12-/m0/s1. The van der Waals surface area contributed by atoms with E-state index in [4.69, 9.17) is 4.74 Å². The Labute approximate surface area is 120 Å². The molecule has 21 heavy (non-hydrogen) atoms. The highest BCUT2D eigenvalue weighted by molar-refractivity contribution is 5.90. The lowest BCUT2D eigenvalue weighted by Gasteiger charge is -2.13. The minimum absolute atomic E-state index is 0.0867. The first kappa shape index (κ1) is 15.0. The van der Waals surface area contributed by atoms with Gasteiger partial charge in [-0.1, -0.05) is 0 Å². The maximum Gasteiger partial charge on any atom is 0.414 e. The molecule has 2 amide bonds. The van der Waals surface area contributed by atoms with Crippen LogP contribution in [0.25, 0.3) is 6.08 Å². The van der Waals surface area contributed by atoms with Crippen LogP contribution in [0.4, 0.5) is 19.3 Å². The fourth-order valence-corrected chi connectivity index (χ4v) is 1.98. The molecule has 1 saturated heterocycles. The molecule has 0 bridgehead atoms. The van der Waals surface area contributed by atoms with Gasteiger partial charge in [-0.2, -0.15) is 0 Å². The van der Waals surface area contributed by atoms with Crippen LogP contribution in [0.3, 0.4) is 0 Å². The van der Waals surface area contributed by atoms with Crippen molar-refractivity contribution in [3.8, 4) is 0 Å². The number of anilines is 1. The third-order valence-corrected chi connectivity index (χ3v) is 2.99. The minimum Gasteiger partial charge on any atom is -0.442 e. The Kier molecular flexibility index (Phi) is 4.52. The monoisotopic (exact) mass is 296 g/mol. The van der Waals surface area contributed by atoms with Crippen molar-refractivity contribution < 1.29 is 23.1 Å². The molecule has 5 nitrogen and oxygen atoms in total. The summed E-state index contributed by atoms with van der Waals surface area (Å²) < 4.78 is 30.8. The number of hydrogen-bond donors (Lipinski definition) is 1. The predicted octanol–water partition coefficient (Wildman–Crippen LogP) is 2.23. The summed E-state index contributed by atoms with van der Waals surface area (Å²) in [5, 5.41) is 2.55. The molecule has 0 unspecified atom stereocenters. The third-order valence-electron chi connectivity index (χ3n) is 2.99. The predicted molar refractivity (Wildman–Crippen MR) is 72.8 cm³/mol. The van der Waals surface area contributed by atoms with E-state index in [9.17, 15) is 18.4 Å². The summed E-state index contributed by atoms with van der Waals surface area (Å²) in [5.41, 5.74) is 0.405. The Morgan fingerprint density at radius 3 is 2.95 bits per heavy atom. The average Bonchev–Trinajstić information content (AvgIpc) is 2.80. The molecule has 2 rings (SSSR count). The van der Waals surface area contributed by atoms with Crippen LogP contribution in [0.15, 0.2) is 24.5 Å². The molecule has 1 aromatic rings. The molecule has 1 aliphatic heterocycles. The normalized spacial score (nSPS) is 18.1. The zero-order valence-corrected chi connectivity index (χ0v) is 11.3. The maximum absolute atomic E-state index is 13.7. The highest BCUT2D eigenvalue weighted by atomic mass is 19.1. The highest BCUT2D eigenvalue weighted by Gasteiger charge is 2.32. The van der Waals surface area contributed by atoms with Gasteiger partial charge in [-0.3, -0.25) is 9.69 Å². The van der Waals surface area contributed by atoms with Gasteiger partial charge < -0.3 is 10.1 Å². The van der Waals surface area contributed by atoms with Gasteiger partial charge in [0.2, 0.25) is 5.91 Å². The molecule has 0 radical (unpaired) electrons. The number of carbonyl (C=O) groups is 2. The number of nitrogens with zero attached hydrogens (tertiary/aromatic N) is 1.